The molecule has 1 heterocycles. The van der Waals surface area contributed by atoms with Crippen LogP contribution >= 0.6 is 0 Å². The van der Waals surface area contributed by atoms with Crippen molar-refractivity contribution in [2.75, 3.05) is 0 Å². The smallest absolute Gasteiger partial charge is 0.237 e. The van der Waals surface area contributed by atoms with Crippen LogP contribution in [0, 0.1) is 0 Å². The molecule has 134 valence electrons. The van der Waals surface area contributed by atoms with Gasteiger partial charge in [0.05, 0.1) is 18.3 Å². The van der Waals surface area contributed by atoms with Gasteiger partial charge in [0.15, 0.2) is 0 Å². The molecule has 0 saturated carbocycles. The fourth-order valence-corrected chi connectivity index (χ4v) is 3.61. The molecule has 0 spiro atoms. The molecule has 0 saturated heterocycles. The van der Waals surface area contributed by atoms with Gasteiger partial charge in [-0.2, -0.15) is 5.10 Å². The first-order valence-corrected chi connectivity index (χ1v) is 9.26. The Hall–Kier alpha value is -2.14. The molecule has 0 radical (unpaired) electrons. The highest BCUT2D eigenvalue weighted by Gasteiger charge is 2.27. The highest BCUT2D eigenvalue weighted by Crippen LogP contribution is 2.30. The van der Waals surface area contributed by atoms with E-state index >= 15 is 0 Å². The van der Waals surface area contributed by atoms with E-state index in [4.69, 9.17) is 0 Å². The fraction of sp³-hybridized carbons (Fsp3) is 0.500. The quantitative estimate of drug-likeness (QED) is 0.849. The van der Waals surface area contributed by atoms with Gasteiger partial charge in [-0.3, -0.25) is 14.8 Å². The first-order valence-electron chi connectivity index (χ1n) is 9.26. The van der Waals surface area contributed by atoms with E-state index in [0.717, 1.165) is 31.4 Å². The number of nitrogens with one attached hydrogen (secondary N) is 2. The zero-order chi connectivity index (χ0) is 17.8. The van der Waals surface area contributed by atoms with Gasteiger partial charge in [-0.15, -0.1) is 0 Å². The van der Waals surface area contributed by atoms with Crippen LogP contribution in [0.25, 0.3) is 0 Å². The Kier molecular flexibility index (Phi) is 5.53. The first kappa shape index (κ1) is 17.7. The van der Waals surface area contributed by atoms with E-state index in [-0.39, 0.29) is 24.0 Å². The molecule has 2 N–H and O–H groups in total. The lowest BCUT2D eigenvalue weighted by Crippen LogP contribution is -2.45. The monoisotopic (exact) mass is 340 g/mol. The van der Waals surface area contributed by atoms with Crippen molar-refractivity contribution >= 4 is 5.91 Å². The minimum absolute atomic E-state index is 0.00251. The predicted molar refractivity (Wildman–Crippen MR) is 99.2 cm³/mol. The molecule has 3 rings (SSSR count). The summed E-state index contributed by atoms with van der Waals surface area (Å²) in [5.41, 5.74) is 3.69. The second kappa shape index (κ2) is 7.83. The third-order valence-electron chi connectivity index (χ3n) is 5.07. The lowest BCUT2D eigenvalue weighted by Gasteiger charge is -2.27. The number of aryl methyl sites for hydroxylation is 1. The summed E-state index contributed by atoms with van der Waals surface area (Å²) in [5.74, 6) is 0.0337. The van der Waals surface area contributed by atoms with Crippen LogP contribution in [0.3, 0.4) is 0 Å². The van der Waals surface area contributed by atoms with Crippen LogP contribution < -0.4 is 10.6 Å². The molecule has 1 aliphatic carbocycles. The average Bonchev–Trinajstić information content (AvgIpc) is 3.06. The SMILES string of the molecule is CCn1ncc2c1CCC[C@@H]2N[C@H](C)C(=O)N[C@H](C)c1ccccc1. The van der Waals surface area contributed by atoms with Crippen LogP contribution in [0.15, 0.2) is 36.5 Å². The van der Waals surface area contributed by atoms with E-state index in [9.17, 15) is 4.79 Å². The van der Waals surface area contributed by atoms with Crippen LogP contribution in [0.5, 0.6) is 0 Å². The third kappa shape index (κ3) is 3.93. The van der Waals surface area contributed by atoms with Crippen molar-refractivity contribution in [1.29, 1.82) is 0 Å². The molecule has 1 aliphatic rings. The van der Waals surface area contributed by atoms with Gasteiger partial charge in [0.1, 0.15) is 0 Å². The molecule has 0 unspecified atom stereocenters. The minimum Gasteiger partial charge on any atom is -0.348 e. The molecule has 2 aromatic rings. The van der Waals surface area contributed by atoms with Crippen molar-refractivity contribution in [2.24, 2.45) is 0 Å². The molecule has 3 atom stereocenters. The average molecular weight is 340 g/mol. The van der Waals surface area contributed by atoms with Gasteiger partial charge in [-0.25, -0.2) is 0 Å². The van der Waals surface area contributed by atoms with Gasteiger partial charge in [0.2, 0.25) is 5.91 Å². The Labute approximate surface area is 149 Å². The van der Waals surface area contributed by atoms with Crippen molar-refractivity contribution in [3.63, 3.8) is 0 Å². The molecule has 0 bridgehead atoms. The number of amides is 1. The Balaban J connectivity index is 1.62. The highest BCUT2D eigenvalue weighted by atomic mass is 16.2. The number of hydrogen-bond acceptors (Lipinski definition) is 3. The lowest BCUT2D eigenvalue weighted by molar-refractivity contribution is -0.123. The minimum atomic E-state index is -0.243. The Bertz CT molecular complexity index is 710. The normalized spacial score (nSPS) is 19.1. The van der Waals surface area contributed by atoms with E-state index in [0.29, 0.717) is 0 Å². The zero-order valence-electron chi connectivity index (χ0n) is 15.3. The topological polar surface area (TPSA) is 59.0 Å². The lowest BCUT2D eigenvalue weighted by atomic mass is 9.92. The number of rotatable bonds is 6. The largest absolute Gasteiger partial charge is 0.348 e. The standard InChI is InChI=1S/C20H28N4O/c1-4-24-19-12-8-11-18(17(19)13-21-24)22-15(3)20(25)23-14(2)16-9-6-5-7-10-16/h5-7,9-10,13-15,18,22H,4,8,11-12H2,1-3H3,(H,23,25)/t14-,15-,18+/m1/s1. The summed E-state index contributed by atoms with van der Waals surface area (Å²) < 4.78 is 2.07. The van der Waals surface area contributed by atoms with Crippen molar-refractivity contribution in [2.45, 2.75) is 64.7 Å². The summed E-state index contributed by atoms with van der Waals surface area (Å²) >= 11 is 0. The zero-order valence-corrected chi connectivity index (χ0v) is 15.3. The van der Waals surface area contributed by atoms with Crippen LogP contribution in [0.4, 0.5) is 0 Å². The maximum atomic E-state index is 12.6. The second-order valence-corrected chi connectivity index (χ2v) is 6.84. The Morgan fingerprint density at radius 3 is 2.80 bits per heavy atom. The predicted octanol–water partition coefficient (Wildman–Crippen LogP) is 3.14. The Morgan fingerprint density at radius 2 is 2.08 bits per heavy atom. The Morgan fingerprint density at radius 1 is 1.32 bits per heavy atom. The number of nitrogens with zero attached hydrogens (tertiary/aromatic N) is 2. The van der Waals surface area contributed by atoms with Gasteiger partial charge in [-0.1, -0.05) is 30.3 Å². The van der Waals surface area contributed by atoms with Gasteiger partial charge in [-0.05, 0) is 45.6 Å². The number of aromatic nitrogens is 2. The number of carbonyl (C=O) groups is 1. The van der Waals surface area contributed by atoms with Gasteiger partial charge >= 0.3 is 0 Å². The van der Waals surface area contributed by atoms with Crippen molar-refractivity contribution < 1.29 is 4.79 Å². The maximum Gasteiger partial charge on any atom is 0.237 e. The van der Waals surface area contributed by atoms with E-state index in [2.05, 4.69) is 27.3 Å². The van der Waals surface area contributed by atoms with Gasteiger partial charge < -0.3 is 5.32 Å². The first-order chi connectivity index (χ1) is 12.1. The van der Waals surface area contributed by atoms with Crippen LogP contribution in [-0.4, -0.2) is 21.7 Å². The summed E-state index contributed by atoms with van der Waals surface area (Å²) in [7, 11) is 0. The van der Waals surface area contributed by atoms with E-state index < -0.39 is 0 Å². The molecule has 5 heteroatoms. The van der Waals surface area contributed by atoms with Crippen molar-refractivity contribution in [3.8, 4) is 0 Å². The molecule has 5 nitrogen and oxygen atoms in total. The van der Waals surface area contributed by atoms with E-state index in [1.165, 1.54) is 11.3 Å². The summed E-state index contributed by atoms with van der Waals surface area (Å²) in [6.45, 7) is 6.97. The second-order valence-electron chi connectivity index (χ2n) is 6.84. The summed E-state index contributed by atoms with van der Waals surface area (Å²) in [6.07, 6.45) is 5.22. The fourth-order valence-electron chi connectivity index (χ4n) is 3.61. The number of carbonyl (C=O) groups excluding carboxylic acids is 1. The summed E-state index contributed by atoms with van der Waals surface area (Å²) in [6, 6.07) is 10.0. The number of hydrogen-bond donors (Lipinski definition) is 2. The molecule has 25 heavy (non-hydrogen) atoms. The molecular formula is C20H28N4O. The molecule has 0 fully saturated rings. The molecule has 1 aromatic carbocycles. The number of fused-ring (bicyclic) bond motifs is 1. The van der Waals surface area contributed by atoms with E-state index in [1.807, 2.05) is 50.4 Å². The highest BCUT2D eigenvalue weighted by molar-refractivity contribution is 5.81. The molecule has 0 aliphatic heterocycles. The van der Waals surface area contributed by atoms with Crippen LogP contribution in [-0.2, 0) is 17.8 Å². The van der Waals surface area contributed by atoms with Crippen LogP contribution in [0.2, 0.25) is 0 Å². The molecule has 1 amide bonds. The van der Waals surface area contributed by atoms with Gasteiger partial charge in [0, 0.05) is 23.8 Å². The van der Waals surface area contributed by atoms with Gasteiger partial charge in [0.25, 0.3) is 0 Å². The molecular weight excluding hydrogens is 312 g/mol. The van der Waals surface area contributed by atoms with Crippen molar-refractivity contribution in [1.82, 2.24) is 20.4 Å². The summed E-state index contributed by atoms with van der Waals surface area (Å²) in [5, 5.41) is 11.1. The molecule has 1 aromatic heterocycles. The maximum absolute atomic E-state index is 12.6. The number of benzene rings is 1. The van der Waals surface area contributed by atoms with Crippen molar-refractivity contribution in [3.05, 3.63) is 53.3 Å². The van der Waals surface area contributed by atoms with E-state index in [1.54, 1.807) is 0 Å². The summed E-state index contributed by atoms with van der Waals surface area (Å²) in [4.78, 5) is 12.6. The van der Waals surface area contributed by atoms with Crippen LogP contribution in [0.1, 0.15) is 62.5 Å². The third-order valence-corrected chi connectivity index (χ3v) is 5.07.